The molecule has 0 aromatic carbocycles. The molecular weight excluding hydrogens is 224 g/mol. The molecule has 14 heavy (non-hydrogen) atoms. The van der Waals surface area contributed by atoms with Crippen molar-refractivity contribution in [3.05, 3.63) is 5.01 Å². The van der Waals surface area contributed by atoms with Gasteiger partial charge in [0.1, 0.15) is 5.01 Å². The number of nitrogens with one attached hydrogen (secondary N) is 1. The predicted octanol–water partition coefficient (Wildman–Crippen LogP) is -0.0646. The Balaban J connectivity index is 2.78. The topological polar surface area (TPSA) is 98.0 Å². The minimum Gasteiger partial charge on any atom is -0.329 e. The molecule has 0 spiro atoms. The molecule has 8 heteroatoms. The Hall–Kier alpha value is -0.730. The summed E-state index contributed by atoms with van der Waals surface area (Å²) in [4.78, 5) is 0. The third kappa shape index (κ3) is 2.63. The molecule has 0 aliphatic heterocycles. The van der Waals surface area contributed by atoms with Crippen LogP contribution < -0.4 is 10.5 Å². The minimum atomic E-state index is -3.42. The molecule has 1 aromatic rings. The molecule has 80 valence electrons. The highest BCUT2D eigenvalue weighted by molar-refractivity contribution is 7.93. The second-order valence-corrected chi connectivity index (χ2v) is 6.10. The maximum atomic E-state index is 11.5. The van der Waals surface area contributed by atoms with Crippen LogP contribution in [0.4, 0.5) is 5.13 Å². The van der Waals surface area contributed by atoms with Crippen molar-refractivity contribution in [1.29, 1.82) is 0 Å². The molecule has 0 saturated heterocycles. The zero-order chi connectivity index (χ0) is 10.8. The lowest BCUT2D eigenvalue weighted by Crippen LogP contribution is -2.31. The molecule has 1 heterocycles. The first-order chi connectivity index (χ1) is 6.45. The monoisotopic (exact) mass is 236 g/mol. The number of sulfonamides is 1. The summed E-state index contributed by atoms with van der Waals surface area (Å²) in [6.07, 6.45) is 0. The van der Waals surface area contributed by atoms with Crippen LogP contribution in [0.25, 0.3) is 0 Å². The van der Waals surface area contributed by atoms with Gasteiger partial charge >= 0.3 is 0 Å². The lowest BCUT2D eigenvalue weighted by Gasteiger charge is -2.09. The van der Waals surface area contributed by atoms with Crippen LogP contribution in [0.2, 0.25) is 0 Å². The molecule has 0 bridgehead atoms. The Morgan fingerprint density at radius 1 is 1.57 bits per heavy atom. The Labute approximate surface area is 86.6 Å². The molecular formula is C6H12N4O2S2. The van der Waals surface area contributed by atoms with Crippen molar-refractivity contribution in [3.63, 3.8) is 0 Å². The van der Waals surface area contributed by atoms with Crippen LogP contribution in [0.1, 0.15) is 11.9 Å². The van der Waals surface area contributed by atoms with E-state index in [-0.39, 0.29) is 11.7 Å². The number of rotatable bonds is 4. The molecule has 0 amide bonds. The first-order valence-corrected chi connectivity index (χ1v) is 6.34. The van der Waals surface area contributed by atoms with Crippen LogP contribution in [-0.4, -0.2) is 30.4 Å². The molecule has 1 aromatic heterocycles. The normalized spacial score (nSPS) is 13.9. The smallest absolute Gasteiger partial charge is 0.238 e. The van der Waals surface area contributed by atoms with E-state index >= 15 is 0 Å². The summed E-state index contributed by atoms with van der Waals surface area (Å²) in [6, 6.07) is 0. The van der Waals surface area contributed by atoms with Gasteiger partial charge in [-0.3, -0.25) is 4.72 Å². The number of nitrogens with zero attached hydrogens (tertiary/aromatic N) is 2. The van der Waals surface area contributed by atoms with Gasteiger partial charge in [-0.15, -0.1) is 10.2 Å². The molecule has 1 rings (SSSR count). The van der Waals surface area contributed by atoms with Crippen LogP contribution >= 0.6 is 11.3 Å². The molecule has 1 atom stereocenters. The van der Waals surface area contributed by atoms with Gasteiger partial charge in [0, 0.05) is 6.54 Å². The Morgan fingerprint density at radius 2 is 2.21 bits per heavy atom. The zero-order valence-corrected chi connectivity index (χ0v) is 9.52. The van der Waals surface area contributed by atoms with E-state index in [1.807, 2.05) is 0 Å². The molecule has 3 N–H and O–H groups in total. The van der Waals surface area contributed by atoms with Crippen LogP contribution in [0.5, 0.6) is 0 Å². The standard InChI is InChI=1S/C6H12N4O2S2/c1-4(3-7)14(11,12)10-6-9-8-5(2)13-6/h4H,3,7H2,1-2H3,(H,9,10). The van der Waals surface area contributed by atoms with E-state index in [0.29, 0.717) is 5.01 Å². The number of aromatic nitrogens is 2. The summed E-state index contributed by atoms with van der Waals surface area (Å²) in [5.74, 6) is 0. The van der Waals surface area contributed by atoms with Gasteiger partial charge in [-0.25, -0.2) is 8.42 Å². The van der Waals surface area contributed by atoms with E-state index in [9.17, 15) is 8.42 Å². The van der Waals surface area contributed by atoms with Crippen LogP contribution in [0.3, 0.4) is 0 Å². The summed E-state index contributed by atoms with van der Waals surface area (Å²) in [5, 5.41) is 7.71. The zero-order valence-electron chi connectivity index (χ0n) is 7.89. The highest BCUT2D eigenvalue weighted by atomic mass is 32.2. The largest absolute Gasteiger partial charge is 0.329 e. The fraction of sp³-hybridized carbons (Fsp3) is 0.667. The molecule has 6 nitrogen and oxygen atoms in total. The van der Waals surface area contributed by atoms with E-state index in [0.717, 1.165) is 0 Å². The quantitative estimate of drug-likeness (QED) is 0.763. The van der Waals surface area contributed by atoms with E-state index in [1.54, 1.807) is 6.92 Å². The SMILES string of the molecule is Cc1nnc(NS(=O)(=O)C(C)CN)s1. The van der Waals surface area contributed by atoms with Crippen LogP contribution in [-0.2, 0) is 10.0 Å². The lowest BCUT2D eigenvalue weighted by atomic mass is 10.5. The summed E-state index contributed by atoms with van der Waals surface area (Å²) < 4.78 is 25.3. The van der Waals surface area contributed by atoms with Crippen molar-refractivity contribution in [2.75, 3.05) is 11.3 Å². The Morgan fingerprint density at radius 3 is 2.64 bits per heavy atom. The van der Waals surface area contributed by atoms with E-state index in [2.05, 4.69) is 14.9 Å². The van der Waals surface area contributed by atoms with Gasteiger partial charge in [0.25, 0.3) is 0 Å². The summed E-state index contributed by atoms with van der Waals surface area (Å²) in [6.45, 7) is 3.37. The van der Waals surface area contributed by atoms with Gasteiger partial charge in [-0.1, -0.05) is 11.3 Å². The minimum absolute atomic E-state index is 0.0765. The third-order valence-electron chi connectivity index (χ3n) is 1.62. The number of nitrogens with two attached hydrogens (primary N) is 1. The van der Waals surface area contributed by atoms with Crippen molar-refractivity contribution in [1.82, 2.24) is 10.2 Å². The molecule has 0 aliphatic rings. The third-order valence-corrected chi connectivity index (χ3v) is 4.23. The van der Waals surface area contributed by atoms with E-state index in [1.165, 1.54) is 18.3 Å². The van der Waals surface area contributed by atoms with Crippen LogP contribution in [0, 0.1) is 6.92 Å². The van der Waals surface area contributed by atoms with Gasteiger partial charge in [-0.2, -0.15) is 0 Å². The fourth-order valence-corrected chi connectivity index (χ4v) is 2.38. The Kier molecular flexibility index (Phi) is 3.40. The summed E-state index contributed by atoms with van der Waals surface area (Å²) >= 11 is 1.19. The van der Waals surface area contributed by atoms with Crippen molar-refractivity contribution < 1.29 is 8.42 Å². The van der Waals surface area contributed by atoms with Crippen molar-refractivity contribution in [3.8, 4) is 0 Å². The van der Waals surface area contributed by atoms with Crippen molar-refractivity contribution in [2.24, 2.45) is 5.73 Å². The average molecular weight is 236 g/mol. The molecule has 1 unspecified atom stereocenters. The number of aryl methyl sites for hydroxylation is 1. The molecule has 0 fully saturated rings. The highest BCUT2D eigenvalue weighted by Gasteiger charge is 2.20. The predicted molar refractivity (Wildman–Crippen MR) is 55.7 cm³/mol. The number of hydrogen-bond donors (Lipinski definition) is 2. The summed E-state index contributed by atoms with van der Waals surface area (Å²) in [5.41, 5.74) is 5.27. The van der Waals surface area contributed by atoms with Gasteiger partial charge < -0.3 is 5.73 Å². The summed E-state index contributed by atoms with van der Waals surface area (Å²) in [7, 11) is -3.42. The fourth-order valence-electron chi connectivity index (χ4n) is 0.687. The van der Waals surface area contributed by atoms with Crippen molar-refractivity contribution in [2.45, 2.75) is 19.1 Å². The van der Waals surface area contributed by atoms with Gasteiger partial charge in [0.15, 0.2) is 0 Å². The van der Waals surface area contributed by atoms with Gasteiger partial charge in [0.05, 0.1) is 5.25 Å². The second-order valence-electron chi connectivity index (χ2n) is 2.82. The van der Waals surface area contributed by atoms with Crippen LogP contribution in [0.15, 0.2) is 0 Å². The van der Waals surface area contributed by atoms with Gasteiger partial charge in [-0.05, 0) is 13.8 Å². The lowest BCUT2D eigenvalue weighted by molar-refractivity contribution is 0.589. The number of hydrogen-bond acceptors (Lipinski definition) is 6. The van der Waals surface area contributed by atoms with Gasteiger partial charge in [0.2, 0.25) is 15.2 Å². The van der Waals surface area contributed by atoms with E-state index < -0.39 is 15.3 Å². The first kappa shape index (κ1) is 11.3. The maximum absolute atomic E-state index is 11.5. The maximum Gasteiger partial charge on any atom is 0.238 e. The second kappa shape index (κ2) is 4.20. The molecule has 0 radical (unpaired) electrons. The van der Waals surface area contributed by atoms with E-state index in [4.69, 9.17) is 5.73 Å². The average Bonchev–Trinajstić information content (AvgIpc) is 2.48. The highest BCUT2D eigenvalue weighted by Crippen LogP contribution is 2.16. The molecule has 0 saturated carbocycles. The Bertz CT molecular complexity index is 400. The number of anilines is 1. The first-order valence-electron chi connectivity index (χ1n) is 3.97. The van der Waals surface area contributed by atoms with Crippen molar-refractivity contribution >= 4 is 26.5 Å². The molecule has 0 aliphatic carbocycles.